The summed E-state index contributed by atoms with van der Waals surface area (Å²) in [5.74, 6) is -0.207. The van der Waals surface area contributed by atoms with Crippen molar-refractivity contribution in [2.45, 2.75) is 19.6 Å². The minimum Gasteiger partial charge on any atom is -0.207 e. The number of halogens is 1. The molecule has 0 saturated carbocycles. The average molecular weight is 537 g/mol. The number of hydrogen-bond acceptors (Lipinski definition) is 2. The molecule has 7 aromatic rings. The molecule has 0 bridgehead atoms. The molecule has 0 fully saturated rings. The zero-order chi connectivity index (χ0) is 25.9. The maximum absolute atomic E-state index is 14.3. The third-order valence-corrected chi connectivity index (χ3v) is 10.2. The van der Waals surface area contributed by atoms with Crippen LogP contribution in [0.2, 0.25) is 0 Å². The quantitative estimate of drug-likeness (QED) is 0.202. The van der Waals surface area contributed by atoms with E-state index in [2.05, 4.69) is 109 Å². The molecule has 0 aromatic heterocycles. The van der Waals surface area contributed by atoms with Gasteiger partial charge in [0, 0.05) is 19.6 Å². The van der Waals surface area contributed by atoms with Gasteiger partial charge in [-0.1, -0.05) is 115 Å². The van der Waals surface area contributed by atoms with Gasteiger partial charge in [0.2, 0.25) is 0 Å². The Balaban J connectivity index is 1.23. The number of fused-ring (bicyclic) bond motifs is 8. The third-order valence-electron chi connectivity index (χ3n) is 7.59. The van der Waals surface area contributed by atoms with E-state index in [9.17, 15) is 4.39 Å². The second kappa shape index (κ2) is 9.01. The van der Waals surface area contributed by atoms with Crippen LogP contribution in [0.15, 0.2) is 147 Å². The van der Waals surface area contributed by atoms with Crippen LogP contribution in [-0.2, 0) is 0 Å². The molecule has 0 saturated heterocycles. The van der Waals surface area contributed by atoms with E-state index in [1.54, 1.807) is 12.1 Å². The summed E-state index contributed by atoms with van der Waals surface area (Å²) >= 11 is 3.71. The average Bonchev–Trinajstić information content (AvgIpc) is 2.99. The fourth-order valence-corrected chi connectivity index (χ4v) is 8.13. The Morgan fingerprint density at radius 3 is 1.77 bits per heavy atom. The van der Waals surface area contributed by atoms with E-state index in [1.807, 2.05) is 29.6 Å². The first-order valence-electron chi connectivity index (χ1n) is 13.0. The van der Waals surface area contributed by atoms with E-state index in [0.717, 1.165) is 32.5 Å². The zero-order valence-electron chi connectivity index (χ0n) is 20.8. The van der Waals surface area contributed by atoms with Crippen LogP contribution in [0.4, 0.5) is 4.39 Å². The number of rotatable bonds is 2. The van der Waals surface area contributed by atoms with Crippen molar-refractivity contribution < 1.29 is 4.39 Å². The highest BCUT2D eigenvalue weighted by Crippen LogP contribution is 2.51. The summed E-state index contributed by atoms with van der Waals surface area (Å²) in [6, 6.07) is 44.2. The predicted octanol–water partition coefficient (Wildman–Crippen LogP) is 11.2. The van der Waals surface area contributed by atoms with Gasteiger partial charge in [-0.05, 0) is 91.0 Å². The fraction of sp³-hybridized carbons (Fsp3) is 0. The second-order valence-electron chi connectivity index (χ2n) is 9.86. The van der Waals surface area contributed by atoms with Crippen molar-refractivity contribution >= 4 is 55.8 Å². The van der Waals surface area contributed by atoms with E-state index in [-0.39, 0.29) is 5.82 Å². The molecule has 39 heavy (non-hydrogen) atoms. The highest BCUT2D eigenvalue weighted by molar-refractivity contribution is 8.05. The molecular formula is C36H21FS2. The van der Waals surface area contributed by atoms with Gasteiger partial charge in [0.25, 0.3) is 0 Å². The highest BCUT2D eigenvalue weighted by atomic mass is 32.2. The van der Waals surface area contributed by atoms with Crippen molar-refractivity contribution in [1.29, 1.82) is 0 Å². The Morgan fingerprint density at radius 1 is 0.385 bits per heavy atom. The first kappa shape index (κ1) is 22.9. The molecule has 0 aliphatic carbocycles. The van der Waals surface area contributed by atoms with Gasteiger partial charge in [-0.2, -0.15) is 0 Å². The largest absolute Gasteiger partial charge is 0.207 e. The SMILES string of the molecule is Fc1ccc2c3ccccc3c3cc(-c4ccc(-c5cccc6c5Sc5ccccc5S6)cc4)ccc3c2c1. The first-order valence-corrected chi connectivity index (χ1v) is 14.6. The molecule has 3 heteroatoms. The highest BCUT2D eigenvalue weighted by Gasteiger charge is 2.20. The predicted molar refractivity (Wildman–Crippen MR) is 164 cm³/mol. The Hall–Kier alpha value is -4.05. The van der Waals surface area contributed by atoms with Crippen molar-refractivity contribution in [2.75, 3.05) is 0 Å². The molecular weight excluding hydrogens is 516 g/mol. The van der Waals surface area contributed by atoms with Crippen molar-refractivity contribution in [3.63, 3.8) is 0 Å². The van der Waals surface area contributed by atoms with Gasteiger partial charge in [-0.25, -0.2) is 4.39 Å². The lowest BCUT2D eigenvalue weighted by atomic mass is 9.91. The van der Waals surface area contributed by atoms with Gasteiger partial charge in [0.1, 0.15) is 5.82 Å². The molecule has 184 valence electrons. The van der Waals surface area contributed by atoms with Crippen LogP contribution in [-0.4, -0.2) is 0 Å². The summed E-state index contributed by atoms with van der Waals surface area (Å²) in [6.07, 6.45) is 0. The lowest BCUT2D eigenvalue weighted by molar-refractivity contribution is 0.630. The fourth-order valence-electron chi connectivity index (χ4n) is 5.73. The molecule has 7 aromatic carbocycles. The molecule has 0 nitrogen and oxygen atoms in total. The van der Waals surface area contributed by atoms with E-state index < -0.39 is 0 Å². The topological polar surface area (TPSA) is 0 Å². The van der Waals surface area contributed by atoms with Crippen LogP contribution in [0.25, 0.3) is 54.6 Å². The Bertz CT molecular complexity index is 2080. The van der Waals surface area contributed by atoms with Gasteiger partial charge >= 0.3 is 0 Å². The van der Waals surface area contributed by atoms with Crippen molar-refractivity contribution in [3.8, 4) is 22.3 Å². The molecule has 1 aliphatic heterocycles. The van der Waals surface area contributed by atoms with Gasteiger partial charge in [0.05, 0.1) is 0 Å². The van der Waals surface area contributed by atoms with Crippen molar-refractivity contribution in [1.82, 2.24) is 0 Å². The van der Waals surface area contributed by atoms with E-state index in [0.29, 0.717) is 0 Å². The Morgan fingerprint density at radius 2 is 0.949 bits per heavy atom. The van der Waals surface area contributed by atoms with Crippen LogP contribution >= 0.6 is 23.5 Å². The van der Waals surface area contributed by atoms with E-state index in [1.165, 1.54) is 41.7 Å². The minimum absolute atomic E-state index is 0.207. The Kier molecular flexibility index (Phi) is 5.29. The molecule has 0 amide bonds. The molecule has 0 unspecified atom stereocenters. The molecule has 1 heterocycles. The summed E-state index contributed by atoms with van der Waals surface area (Å²) in [4.78, 5) is 5.27. The van der Waals surface area contributed by atoms with Crippen LogP contribution in [0.1, 0.15) is 0 Å². The van der Waals surface area contributed by atoms with Gasteiger partial charge < -0.3 is 0 Å². The van der Waals surface area contributed by atoms with Crippen LogP contribution in [0.5, 0.6) is 0 Å². The molecule has 0 atom stereocenters. The van der Waals surface area contributed by atoms with Gasteiger partial charge in [-0.3, -0.25) is 0 Å². The lowest BCUT2D eigenvalue weighted by Gasteiger charge is -2.21. The maximum atomic E-state index is 14.3. The van der Waals surface area contributed by atoms with E-state index >= 15 is 0 Å². The van der Waals surface area contributed by atoms with Crippen molar-refractivity contribution in [3.05, 3.63) is 133 Å². The molecule has 0 radical (unpaired) electrons. The first-order chi connectivity index (χ1) is 19.2. The summed E-state index contributed by atoms with van der Waals surface area (Å²) in [6.45, 7) is 0. The van der Waals surface area contributed by atoms with Crippen LogP contribution in [0, 0.1) is 5.82 Å². The smallest absolute Gasteiger partial charge is 0.123 e. The summed E-state index contributed by atoms with van der Waals surface area (Å²) in [7, 11) is 0. The van der Waals surface area contributed by atoms with Crippen LogP contribution in [0.3, 0.4) is 0 Å². The summed E-state index contributed by atoms with van der Waals surface area (Å²) in [5.41, 5.74) is 4.81. The minimum atomic E-state index is -0.207. The molecule has 0 N–H and O–H groups in total. The summed E-state index contributed by atoms with van der Waals surface area (Å²) < 4.78 is 14.3. The van der Waals surface area contributed by atoms with Crippen LogP contribution < -0.4 is 0 Å². The maximum Gasteiger partial charge on any atom is 0.123 e. The van der Waals surface area contributed by atoms with E-state index in [4.69, 9.17) is 0 Å². The van der Waals surface area contributed by atoms with Gasteiger partial charge in [-0.15, -0.1) is 0 Å². The van der Waals surface area contributed by atoms with Gasteiger partial charge in [0.15, 0.2) is 0 Å². The normalized spacial score (nSPS) is 12.5. The third kappa shape index (κ3) is 3.76. The molecule has 0 spiro atoms. The molecule has 8 rings (SSSR count). The second-order valence-corrected chi connectivity index (χ2v) is 12.0. The molecule has 1 aliphatic rings. The standard InChI is InChI=1S/C36H21FS2/c37-25-17-19-29-27-6-1-2-7-28(27)31-20-24(16-18-30(31)32(29)21-25)22-12-14-23(15-13-22)26-8-5-11-35-36(26)39-34-10-4-3-9-33(34)38-35/h1-21H. The zero-order valence-corrected chi connectivity index (χ0v) is 22.5. The number of hydrogen-bond donors (Lipinski definition) is 0. The number of benzene rings is 7. The lowest BCUT2D eigenvalue weighted by Crippen LogP contribution is -1.92. The monoisotopic (exact) mass is 536 g/mol. The summed E-state index contributed by atoms with van der Waals surface area (Å²) in [5, 5.41) is 6.61. The Labute approximate surface area is 234 Å². The van der Waals surface area contributed by atoms with Crippen molar-refractivity contribution in [2.24, 2.45) is 0 Å².